The van der Waals surface area contributed by atoms with Crippen molar-refractivity contribution in [2.75, 3.05) is 0 Å². The number of ketones is 1. The Bertz CT molecular complexity index is 475. The van der Waals surface area contributed by atoms with Crippen molar-refractivity contribution >= 4 is 33.3 Å². The van der Waals surface area contributed by atoms with Gasteiger partial charge in [-0.3, -0.25) is 4.79 Å². The second-order valence-corrected chi connectivity index (χ2v) is 4.28. The second-order valence-electron chi connectivity index (χ2n) is 3.02. The Kier molecular flexibility index (Phi) is 4.71. The fourth-order valence-corrected chi connectivity index (χ4v) is 1.66. The summed E-state index contributed by atoms with van der Waals surface area (Å²) in [6.45, 7) is 7.14. The van der Waals surface area contributed by atoms with Crippen molar-refractivity contribution in [1.82, 2.24) is 0 Å². The molecule has 16 heavy (non-hydrogen) atoms. The van der Waals surface area contributed by atoms with Crippen LogP contribution in [0.4, 0.5) is 0 Å². The van der Waals surface area contributed by atoms with E-state index in [0.717, 1.165) is 0 Å². The average Bonchev–Trinajstić information content (AvgIpc) is 2.28. The van der Waals surface area contributed by atoms with Gasteiger partial charge in [0.15, 0.2) is 5.78 Å². The van der Waals surface area contributed by atoms with E-state index in [1.165, 1.54) is 6.08 Å². The van der Waals surface area contributed by atoms with Crippen LogP contribution in [0.5, 0.6) is 0 Å². The molecule has 0 aliphatic carbocycles. The molecule has 0 unspecified atom stereocenters. The molecule has 0 aromatic heterocycles. The molecule has 1 aromatic rings. The van der Waals surface area contributed by atoms with Gasteiger partial charge in [0.25, 0.3) is 0 Å². The number of halogens is 2. The number of carbonyl (C=O) groups excluding carboxylic acids is 1. The van der Waals surface area contributed by atoms with Crippen LogP contribution in [0.25, 0.3) is 0 Å². The highest BCUT2D eigenvalue weighted by Crippen LogP contribution is 2.24. The van der Waals surface area contributed by atoms with Crippen molar-refractivity contribution in [3.63, 3.8) is 0 Å². The van der Waals surface area contributed by atoms with Crippen LogP contribution in [0.3, 0.4) is 0 Å². The summed E-state index contributed by atoms with van der Waals surface area (Å²) >= 11 is 9.13. The van der Waals surface area contributed by atoms with Crippen LogP contribution in [0.15, 0.2) is 59.6 Å². The molecule has 0 amide bonds. The molecule has 0 N–H and O–H groups in total. The Hall–Kier alpha value is -1.12. The third-order valence-corrected chi connectivity index (χ3v) is 3.18. The molecule has 1 nitrogen and oxygen atoms in total. The highest BCUT2D eigenvalue weighted by molar-refractivity contribution is 9.10. The molecule has 3 heteroatoms. The number of benzene rings is 1. The van der Waals surface area contributed by atoms with Gasteiger partial charge < -0.3 is 0 Å². The zero-order chi connectivity index (χ0) is 12.1. The summed E-state index contributed by atoms with van der Waals surface area (Å²) in [5, 5.41) is 0.574. The lowest BCUT2D eigenvalue weighted by molar-refractivity contribution is 0.103. The third-order valence-electron chi connectivity index (χ3n) is 1.96. The molecule has 0 fully saturated rings. The molecule has 0 saturated heterocycles. The van der Waals surface area contributed by atoms with Crippen LogP contribution in [0.1, 0.15) is 10.4 Å². The van der Waals surface area contributed by atoms with Crippen molar-refractivity contribution in [3.05, 3.63) is 70.2 Å². The summed E-state index contributed by atoms with van der Waals surface area (Å²) in [7, 11) is 0. The first-order valence-electron chi connectivity index (χ1n) is 4.55. The maximum atomic E-state index is 12.0. The molecule has 0 spiro atoms. The molecule has 0 aliphatic heterocycles. The maximum Gasteiger partial charge on any atom is 0.193 e. The minimum absolute atomic E-state index is 0.104. The lowest BCUT2D eigenvalue weighted by Gasteiger charge is -2.03. The van der Waals surface area contributed by atoms with Crippen LogP contribution >= 0.6 is 27.5 Å². The maximum absolute atomic E-state index is 12.0. The topological polar surface area (TPSA) is 17.1 Å². The normalized spacial score (nSPS) is 11.0. The smallest absolute Gasteiger partial charge is 0.193 e. The van der Waals surface area contributed by atoms with E-state index in [4.69, 9.17) is 11.6 Å². The van der Waals surface area contributed by atoms with Gasteiger partial charge in [0.1, 0.15) is 0 Å². The Morgan fingerprint density at radius 2 is 2.06 bits per heavy atom. The van der Waals surface area contributed by atoms with E-state index in [1.54, 1.807) is 30.4 Å². The molecule has 1 rings (SSSR count). The predicted octanol–water partition coefficient (Wildman–Crippen LogP) is 4.58. The number of hydrogen-bond acceptors (Lipinski definition) is 1. The monoisotopic (exact) mass is 296 g/mol. The Morgan fingerprint density at radius 3 is 2.56 bits per heavy atom. The largest absolute Gasteiger partial charge is 0.289 e. The first kappa shape index (κ1) is 12.9. The second kappa shape index (κ2) is 5.83. The fraction of sp³-hybridized carbons (Fsp3) is 0. The Morgan fingerprint density at radius 1 is 1.38 bits per heavy atom. The summed E-state index contributed by atoms with van der Waals surface area (Å²) < 4.78 is 0.696. The highest BCUT2D eigenvalue weighted by atomic mass is 79.9. The molecule has 0 bridgehead atoms. The number of hydrogen-bond donors (Lipinski definition) is 0. The van der Waals surface area contributed by atoms with E-state index in [-0.39, 0.29) is 5.78 Å². The first-order valence-corrected chi connectivity index (χ1v) is 5.72. The molecule has 0 atom stereocenters. The van der Waals surface area contributed by atoms with E-state index >= 15 is 0 Å². The molecular formula is C13H10BrClO. The van der Waals surface area contributed by atoms with Gasteiger partial charge in [-0.25, -0.2) is 0 Å². The quantitative estimate of drug-likeness (QED) is 0.451. The molecular weight excluding hydrogens is 287 g/mol. The van der Waals surface area contributed by atoms with E-state index in [0.29, 0.717) is 20.6 Å². The van der Waals surface area contributed by atoms with Crippen molar-refractivity contribution in [2.45, 2.75) is 0 Å². The van der Waals surface area contributed by atoms with Crippen molar-refractivity contribution in [2.24, 2.45) is 0 Å². The van der Waals surface area contributed by atoms with Crippen molar-refractivity contribution in [3.8, 4) is 0 Å². The molecule has 82 valence electrons. The molecule has 0 aliphatic rings. The lowest BCUT2D eigenvalue weighted by atomic mass is 10.0. The van der Waals surface area contributed by atoms with E-state index < -0.39 is 0 Å². The number of Topliss-reactive ketones (excluding diaryl/α,β-unsaturated/α-hetero) is 1. The Balaban J connectivity index is 3.14. The summed E-state index contributed by atoms with van der Waals surface area (Å²) in [5.41, 5.74) is 1.06. The molecule has 0 radical (unpaired) electrons. The van der Waals surface area contributed by atoms with Gasteiger partial charge in [-0.05, 0) is 34.1 Å². The number of rotatable bonds is 4. The molecule has 1 aromatic carbocycles. The lowest BCUT2D eigenvalue weighted by Crippen LogP contribution is -2.01. The fourth-order valence-electron chi connectivity index (χ4n) is 1.17. The van der Waals surface area contributed by atoms with Crippen molar-refractivity contribution in [1.29, 1.82) is 0 Å². The summed E-state index contributed by atoms with van der Waals surface area (Å²) in [4.78, 5) is 12.0. The Labute approximate surface area is 108 Å². The average molecular weight is 298 g/mol. The zero-order valence-electron chi connectivity index (χ0n) is 8.54. The van der Waals surface area contributed by atoms with Gasteiger partial charge in [-0.2, -0.15) is 0 Å². The van der Waals surface area contributed by atoms with Crippen LogP contribution < -0.4 is 0 Å². The van der Waals surface area contributed by atoms with Gasteiger partial charge in [0, 0.05) is 15.6 Å². The highest BCUT2D eigenvalue weighted by Gasteiger charge is 2.10. The van der Waals surface area contributed by atoms with E-state index in [2.05, 4.69) is 29.1 Å². The summed E-state index contributed by atoms with van der Waals surface area (Å²) in [6.07, 6.45) is 4.68. The van der Waals surface area contributed by atoms with Gasteiger partial charge >= 0.3 is 0 Å². The van der Waals surface area contributed by atoms with Crippen molar-refractivity contribution < 1.29 is 4.79 Å². The van der Waals surface area contributed by atoms with Gasteiger partial charge in [0.2, 0.25) is 0 Å². The zero-order valence-corrected chi connectivity index (χ0v) is 10.9. The van der Waals surface area contributed by atoms with Crippen LogP contribution in [-0.2, 0) is 0 Å². The van der Waals surface area contributed by atoms with Gasteiger partial charge in [0.05, 0.1) is 5.02 Å². The van der Waals surface area contributed by atoms with E-state index in [1.807, 2.05) is 0 Å². The first-order chi connectivity index (χ1) is 7.60. The summed E-state index contributed by atoms with van der Waals surface area (Å²) in [5.74, 6) is -0.104. The minimum atomic E-state index is -0.104. The van der Waals surface area contributed by atoms with Gasteiger partial charge in [-0.1, -0.05) is 43.0 Å². The SMILES string of the molecule is C=C/C=C(\C=C)C(=O)c1ccc(Cl)c(Br)c1. The molecule has 0 saturated carbocycles. The number of carbonyl (C=O) groups is 1. The minimum Gasteiger partial charge on any atom is -0.289 e. The third kappa shape index (κ3) is 2.94. The van der Waals surface area contributed by atoms with Crippen LogP contribution in [0, 0.1) is 0 Å². The van der Waals surface area contributed by atoms with E-state index in [9.17, 15) is 4.79 Å². The van der Waals surface area contributed by atoms with Gasteiger partial charge in [-0.15, -0.1) is 0 Å². The van der Waals surface area contributed by atoms with Crippen LogP contribution in [0.2, 0.25) is 5.02 Å². The number of allylic oxidation sites excluding steroid dienone is 4. The van der Waals surface area contributed by atoms with Crippen LogP contribution in [-0.4, -0.2) is 5.78 Å². The standard InChI is InChI=1S/C13H10BrClO/c1-3-5-9(4-2)13(16)10-6-7-12(15)11(14)8-10/h3-8H,1-2H2/b9-5+. The molecule has 0 heterocycles. The summed E-state index contributed by atoms with van der Waals surface area (Å²) in [6, 6.07) is 5.04. The predicted molar refractivity (Wildman–Crippen MR) is 72.0 cm³/mol.